The van der Waals surface area contributed by atoms with Crippen LogP contribution in [0.5, 0.6) is 0 Å². The van der Waals surface area contributed by atoms with Crippen LogP contribution in [0.1, 0.15) is 12.5 Å². The van der Waals surface area contributed by atoms with Crippen molar-refractivity contribution in [2.75, 3.05) is 5.75 Å². The Labute approximate surface area is 183 Å². The third kappa shape index (κ3) is 5.86. The van der Waals surface area contributed by atoms with Gasteiger partial charge >= 0.3 is 0 Å². The van der Waals surface area contributed by atoms with Gasteiger partial charge in [0.1, 0.15) is 0 Å². The lowest BCUT2D eigenvalue weighted by molar-refractivity contribution is -0.385. The topological polar surface area (TPSA) is 115 Å². The quantitative estimate of drug-likeness (QED) is 0.236. The Balaban J connectivity index is 1.53. The number of para-hydroxylation sites is 1. The van der Waals surface area contributed by atoms with Gasteiger partial charge in [-0.2, -0.15) is 5.10 Å². The number of benzene rings is 2. The number of thioether (sulfide) groups is 1. The first-order chi connectivity index (χ1) is 15.1. The Bertz CT molecular complexity index is 1110. The number of rotatable bonds is 9. The van der Waals surface area contributed by atoms with Crippen LogP contribution in [-0.4, -0.2) is 37.6 Å². The summed E-state index contributed by atoms with van der Waals surface area (Å²) < 4.78 is 1.95. The van der Waals surface area contributed by atoms with E-state index in [0.29, 0.717) is 17.3 Å². The van der Waals surface area contributed by atoms with Crippen molar-refractivity contribution in [3.8, 4) is 11.4 Å². The molecule has 2 aromatic carbocycles. The van der Waals surface area contributed by atoms with Gasteiger partial charge in [-0.15, -0.1) is 10.2 Å². The number of hydrazone groups is 1. The fourth-order valence-corrected chi connectivity index (χ4v) is 3.53. The summed E-state index contributed by atoms with van der Waals surface area (Å²) in [5.41, 5.74) is 3.84. The molecule has 0 aliphatic carbocycles. The highest BCUT2D eigenvalue weighted by molar-refractivity contribution is 7.99. The summed E-state index contributed by atoms with van der Waals surface area (Å²) in [5.74, 6) is 0.578. The second-order valence-electron chi connectivity index (χ2n) is 6.19. The third-order valence-corrected chi connectivity index (χ3v) is 5.12. The first-order valence-corrected chi connectivity index (χ1v) is 10.4. The van der Waals surface area contributed by atoms with E-state index in [2.05, 4.69) is 20.7 Å². The van der Waals surface area contributed by atoms with Gasteiger partial charge in [0.15, 0.2) is 11.0 Å². The lowest BCUT2D eigenvalue weighted by Gasteiger charge is -2.06. The van der Waals surface area contributed by atoms with Gasteiger partial charge in [0.05, 0.1) is 16.2 Å². The lowest BCUT2D eigenvalue weighted by Crippen LogP contribution is -2.19. The number of hydrogen-bond acceptors (Lipinski definition) is 7. The molecule has 3 aromatic rings. The van der Waals surface area contributed by atoms with E-state index in [4.69, 9.17) is 0 Å². The molecule has 1 heterocycles. The van der Waals surface area contributed by atoms with Crippen molar-refractivity contribution in [2.45, 2.75) is 18.6 Å². The molecule has 31 heavy (non-hydrogen) atoms. The molecule has 0 spiro atoms. The maximum absolute atomic E-state index is 12.1. The molecule has 0 radical (unpaired) electrons. The predicted octanol–water partition coefficient (Wildman–Crippen LogP) is 3.78. The van der Waals surface area contributed by atoms with Crippen LogP contribution in [0.3, 0.4) is 0 Å². The largest absolute Gasteiger partial charge is 0.302 e. The van der Waals surface area contributed by atoms with Crippen LogP contribution in [0.2, 0.25) is 0 Å². The summed E-state index contributed by atoms with van der Waals surface area (Å²) in [4.78, 5) is 22.6. The second-order valence-corrected chi connectivity index (χ2v) is 7.14. The van der Waals surface area contributed by atoms with E-state index in [1.54, 1.807) is 24.3 Å². The summed E-state index contributed by atoms with van der Waals surface area (Å²) in [7, 11) is 0. The molecule has 0 fully saturated rings. The van der Waals surface area contributed by atoms with Crippen molar-refractivity contribution >= 4 is 35.6 Å². The third-order valence-electron chi connectivity index (χ3n) is 4.16. The summed E-state index contributed by atoms with van der Waals surface area (Å²) in [5, 5.41) is 23.9. The molecule has 1 aromatic heterocycles. The van der Waals surface area contributed by atoms with E-state index in [0.717, 1.165) is 11.4 Å². The minimum Gasteiger partial charge on any atom is -0.302 e. The van der Waals surface area contributed by atoms with Crippen LogP contribution in [0.25, 0.3) is 17.5 Å². The number of amides is 1. The summed E-state index contributed by atoms with van der Waals surface area (Å²) in [6.07, 6.45) is 4.44. The van der Waals surface area contributed by atoms with Gasteiger partial charge in [-0.05, 0) is 25.1 Å². The van der Waals surface area contributed by atoms with Crippen molar-refractivity contribution in [3.05, 3.63) is 76.4 Å². The van der Waals surface area contributed by atoms with Gasteiger partial charge in [-0.25, -0.2) is 5.43 Å². The van der Waals surface area contributed by atoms with Crippen molar-refractivity contribution in [1.29, 1.82) is 0 Å². The summed E-state index contributed by atoms with van der Waals surface area (Å²) >= 11 is 1.27. The standard InChI is InChI=1S/C21H20N6O3S/c1-2-26-20(17-10-4-3-5-11-17)24-25-21(26)31-15-19(28)23-22-14-8-12-16-9-6-7-13-18(16)27(29)30/h3-14H,2,15H2,1H3,(H,23,28)/b12-8+,22-14-. The minimum atomic E-state index is -0.450. The normalized spacial score (nSPS) is 11.3. The van der Waals surface area contributed by atoms with Gasteiger partial charge < -0.3 is 4.57 Å². The molecule has 0 unspecified atom stereocenters. The van der Waals surface area contributed by atoms with E-state index in [1.807, 2.05) is 41.8 Å². The zero-order chi connectivity index (χ0) is 22.1. The molecule has 0 saturated carbocycles. The molecule has 1 N–H and O–H groups in total. The number of carbonyl (C=O) groups excluding carboxylic acids is 1. The average molecular weight is 436 g/mol. The van der Waals surface area contributed by atoms with Crippen molar-refractivity contribution in [1.82, 2.24) is 20.2 Å². The Morgan fingerprint density at radius 1 is 1.19 bits per heavy atom. The monoisotopic (exact) mass is 436 g/mol. The smallest absolute Gasteiger partial charge is 0.276 e. The zero-order valence-corrected chi connectivity index (χ0v) is 17.5. The number of allylic oxidation sites excluding steroid dienone is 1. The number of nitrogens with zero attached hydrogens (tertiary/aromatic N) is 5. The van der Waals surface area contributed by atoms with Gasteiger partial charge in [-0.1, -0.05) is 54.2 Å². The average Bonchev–Trinajstić information content (AvgIpc) is 3.21. The van der Waals surface area contributed by atoms with E-state index < -0.39 is 4.92 Å². The summed E-state index contributed by atoms with van der Waals surface area (Å²) in [6, 6.07) is 16.1. The van der Waals surface area contributed by atoms with Crippen LogP contribution in [0, 0.1) is 10.1 Å². The molecule has 0 bridgehead atoms. The molecule has 3 rings (SSSR count). The lowest BCUT2D eigenvalue weighted by atomic mass is 10.2. The van der Waals surface area contributed by atoms with Crippen molar-refractivity contribution in [2.24, 2.45) is 5.10 Å². The molecule has 0 aliphatic rings. The van der Waals surface area contributed by atoms with Crippen LogP contribution in [0.4, 0.5) is 5.69 Å². The van der Waals surface area contributed by atoms with Gasteiger partial charge in [0, 0.05) is 24.4 Å². The Morgan fingerprint density at radius 3 is 2.68 bits per heavy atom. The molecular formula is C21H20N6O3S. The number of nitro benzene ring substituents is 1. The number of hydrogen-bond donors (Lipinski definition) is 1. The molecule has 0 aliphatic heterocycles. The van der Waals surface area contributed by atoms with Gasteiger partial charge in [0.25, 0.3) is 11.6 Å². The number of carbonyl (C=O) groups is 1. The highest BCUT2D eigenvalue weighted by atomic mass is 32.2. The first-order valence-electron chi connectivity index (χ1n) is 9.43. The van der Waals surface area contributed by atoms with Crippen LogP contribution < -0.4 is 5.43 Å². The Hall–Kier alpha value is -3.79. The van der Waals surface area contributed by atoms with Crippen molar-refractivity contribution in [3.63, 3.8) is 0 Å². The fraction of sp³-hybridized carbons (Fsp3) is 0.143. The van der Waals surface area contributed by atoms with Crippen LogP contribution in [0.15, 0.2) is 70.9 Å². The maximum Gasteiger partial charge on any atom is 0.276 e. The predicted molar refractivity (Wildman–Crippen MR) is 121 cm³/mol. The second kappa shape index (κ2) is 10.8. The number of aromatic nitrogens is 3. The van der Waals surface area contributed by atoms with Crippen molar-refractivity contribution < 1.29 is 9.72 Å². The zero-order valence-electron chi connectivity index (χ0n) is 16.7. The van der Waals surface area contributed by atoms with Gasteiger partial charge in [0.2, 0.25) is 0 Å². The maximum atomic E-state index is 12.1. The minimum absolute atomic E-state index is 0.00231. The van der Waals surface area contributed by atoms with E-state index in [-0.39, 0.29) is 17.3 Å². The Kier molecular flexibility index (Phi) is 7.66. The fourth-order valence-electron chi connectivity index (χ4n) is 2.74. The molecule has 0 atom stereocenters. The highest BCUT2D eigenvalue weighted by Crippen LogP contribution is 2.23. The van der Waals surface area contributed by atoms with Crippen LogP contribution >= 0.6 is 11.8 Å². The molecule has 9 nitrogen and oxygen atoms in total. The first kappa shape index (κ1) is 21.9. The summed E-state index contributed by atoms with van der Waals surface area (Å²) in [6.45, 7) is 2.67. The number of nitrogens with one attached hydrogen (secondary N) is 1. The molecule has 10 heteroatoms. The molecule has 158 valence electrons. The number of nitro groups is 1. The molecule has 0 saturated heterocycles. The van der Waals surface area contributed by atoms with E-state index >= 15 is 0 Å². The van der Waals surface area contributed by atoms with Crippen LogP contribution in [-0.2, 0) is 11.3 Å². The van der Waals surface area contributed by atoms with E-state index in [1.165, 1.54) is 30.1 Å². The van der Waals surface area contributed by atoms with E-state index in [9.17, 15) is 14.9 Å². The highest BCUT2D eigenvalue weighted by Gasteiger charge is 2.14. The SMILES string of the molecule is CCn1c(SCC(=O)N/N=C\C=C\c2ccccc2[N+](=O)[O-])nnc1-c1ccccc1. The molecule has 1 amide bonds. The van der Waals surface area contributed by atoms with Gasteiger partial charge in [-0.3, -0.25) is 14.9 Å². The Morgan fingerprint density at radius 2 is 1.94 bits per heavy atom. The molecular weight excluding hydrogens is 416 g/mol.